The third-order valence-electron chi connectivity index (χ3n) is 2.90. The second-order valence-corrected chi connectivity index (χ2v) is 4.81. The lowest BCUT2D eigenvalue weighted by Crippen LogP contribution is -1.84. The van der Waals surface area contributed by atoms with Gasteiger partial charge in [-0.05, 0) is 12.8 Å². The fourth-order valence-corrected chi connectivity index (χ4v) is 1.79. The van der Waals surface area contributed by atoms with E-state index < -0.39 is 5.97 Å². The molecule has 0 amide bonds. The van der Waals surface area contributed by atoms with Crippen molar-refractivity contribution >= 4 is 5.97 Å². The van der Waals surface area contributed by atoms with Crippen LogP contribution in [-0.4, -0.2) is 11.1 Å². The van der Waals surface area contributed by atoms with Crippen LogP contribution < -0.4 is 0 Å². The maximum atomic E-state index is 10.2. The van der Waals surface area contributed by atoms with Gasteiger partial charge in [0.15, 0.2) is 0 Å². The van der Waals surface area contributed by atoms with E-state index in [0.717, 1.165) is 12.5 Å². The predicted octanol–water partition coefficient (Wildman–Crippen LogP) is 5.44. The van der Waals surface area contributed by atoms with Crippen LogP contribution in [0.1, 0.15) is 58.3 Å². The van der Waals surface area contributed by atoms with Gasteiger partial charge >= 0.3 is 5.97 Å². The predicted molar refractivity (Wildman–Crippen MR) is 86.8 cm³/mol. The van der Waals surface area contributed by atoms with Crippen molar-refractivity contribution in [3.63, 3.8) is 0 Å². The molecule has 0 spiro atoms. The summed E-state index contributed by atoms with van der Waals surface area (Å²) in [6, 6.07) is 0. The minimum atomic E-state index is -0.923. The quantitative estimate of drug-likeness (QED) is 0.293. The standard InChI is InChI=1S/C18H28O2/c1-2-3-4-5-6-7-8-9-10-11-12-13-14-15-16-17-18(19)20/h10-17H,2-9H2,1H3,(H,19,20)/b11-10-,13-12+,15-14+,17-16+. The lowest BCUT2D eigenvalue weighted by atomic mass is 10.1. The van der Waals surface area contributed by atoms with Crippen LogP contribution >= 0.6 is 0 Å². The molecule has 0 unspecified atom stereocenters. The zero-order chi connectivity index (χ0) is 14.9. The Labute approximate surface area is 123 Å². The highest BCUT2D eigenvalue weighted by Crippen LogP contribution is 2.08. The summed E-state index contributed by atoms with van der Waals surface area (Å²) in [6.07, 6.45) is 24.8. The molecule has 0 aliphatic heterocycles. The minimum Gasteiger partial charge on any atom is -0.478 e. The molecule has 2 heteroatoms. The van der Waals surface area contributed by atoms with Crippen LogP contribution in [0.3, 0.4) is 0 Å². The van der Waals surface area contributed by atoms with E-state index in [4.69, 9.17) is 5.11 Å². The van der Waals surface area contributed by atoms with Crippen molar-refractivity contribution in [1.82, 2.24) is 0 Å². The molecular formula is C18H28O2. The summed E-state index contributed by atoms with van der Waals surface area (Å²) in [5, 5.41) is 8.37. The molecule has 0 bridgehead atoms. The Hall–Kier alpha value is -1.57. The van der Waals surface area contributed by atoms with Crippen LogP contribution in [0, 0.1) is 0 Å². The van der Waals surface area contributed by atoms with E-state index in [9.17, 15) is 4.79 Å². The van der Waals surface area contributed by atoms with Gasteiger partial charge in [0.2, 0.25) is 0 Å². The largest absolute Gasteiger partial charge is 0.478 e. The van der Waals surface area contributed by atoms with Crippen molar-refractivity contribution in [2.24, 2.45) is 0 Å². The molecule has 20 heavy (non-hydrogen) atoms. The van der Waals surface area contributed by atoms with Gasteiger partial charge in [-0.25, -0.2) is 4.79 Å². The average molecular weight is 276 g/mol. The molecule has 0 rings (SSSR count). The van der Waals surface area contributed by atoms with Crippen LogP contribution in [0.25, 0.3) is 0 Å². The van der Waals surface area contributed by atoms with Crippen molar-refractivity contribution in [3.05, 3.63) is 48.6 Å². The van der Waals surface area contributed by atoms with E-state index in [0.29, 0.717) is 0 Å². The van der Waals surface area contributed by atoms with Crippen molar-refractivity contribution in [1.29, 1.82) is 0 Å². The van der Waals surface area contributed by atoms with E-state index in [-0.39, 0.29) is 0 Å². The third kappa shape index (κ3) is 16.4. The maximum Gasteiger partial charge on any atom is 0.328 e. The maximum absolute atomic E-state index is 10.2. The van der Waals surface area contributed by atoms with Crippen LogP contribution in [0.15, 0.2) is 48.6 Å². The third-order valence-corrected chi connectivity index (χ3v) is 2.90. The Morgan fingerprint density at radius 3 is 2.00 bits per heavy atom. The van der Waals surface area contributed by atoms with E-state index in [2.05, 4.69) is 13.0 Å². The molecule has 112 valence electrons. The zero-order valence-corrected chi connectivity index (χ0v) is 12.6. The minimum absolute atomic E-state index is 0.923. The number of hydrogen-bond donors (Lipinski definition) is 1. The fourth-order valence-electron chi connectivity index (χ4n) is 1.79. The van der Waals surface area contributed by atoms with Gasteiger partial charge in [-0.1, -0.05) is 88.0 Å². The Bertz CT molecular complexity index is 335. The van der Waals surface area contributed by atoms with Crippen molar-refractivity contribution in [2.45, 2.75) is 58.3 Å². The molecule has 0 aliphatic rings. The average Bonchev–Trinajstić information content (AvgIpc) is 2.43. The summed E-state index contributed by atoms with van der Waals surface area (Å²) in [5.41, 5.74) is 0. The summed E-state index contributed by atoms with van der Waals surface area (Å²) in [5.74, 6) is -0.923. The molecule has 0 aliphatic carbocycles. The van der Waals surface area contributed by atoms with E-state index in [1.807, 2.05) is 24.3 Å². The zero-order valence-electron chi connectivity index (χ0n) is 12.6. The highest BCUT2D eigenvalue weighted by atomic mass is 16.4. The normalized spacial score (nSPS) is 12.4. The molecule has 1 N–H and O–H groups in total. The highest BCUT2D eigenvalue weighted by Gasteiger charge is 1.88. The first kappa shape index (κ1) is 18.4. The summed E-state index contributed by atoms with van der Waals surface area (Å²) < 4.78 is 0. The number of carbonyl (C=O) groups is 1. The smallest absolute Gasteiger partial charge is 0.328 e. The van der Waals surface area contributed by atoms with Gasteiger partial charge in [0.1, 0.15) is 0 Å². The van der Waals surface area contributed by atoms with E-state index in [1.165, 1.54) is 51.0 Å². The summed E-state index contributed by atoms with van der Waals surface area (Å²) in [6.45, 7) is 2.25. The van der Waals surface area contributed by atoms with Crippen molar-refractivity contribution in [2.75, 3.05) is 0 Å². The SMILES string of the molecule is CCCCCCCCC\C=C/C=C/C=C/C=C/C(=O)O. The lowest BCUT2D eigenvalue weighted by molar-refractivity contribution is -0.131. The Morgan fingerprint density at radius 2 is 1.35 bits per heavy atom. The number of carboxylic acid groups (broad SMARTS) is 1. The van der Waals surface area contributed by atoms with E-state index in [1.54, 1.807) is 6.08 Å². The number of allylic oxidation sites excluding steroid dienone is 7. The number of carboxylic acids is 1. The number of aliphatic carboxylic acids is 1. The van der Waals surface area contributed by atoms with Gasteiger partial charge in [-0.3, -0.25) is 0 Å². The van der Waals surface area contributed by atoms with Crippen LogP contribution in [0.2, 0.25) is 0 Å². The molecule has 2 nitrogen and oxygen atoms in total. The van der Waals surface area contributed by atoms with Crippen LogP contribution in [-0.2, 0) is 4.79 Å². The molecule has 0 aromatic heterocycles. The monoisotopic (exact) mass is 276 g/mol. The van der Waals surface area contributed by atoms with Crippen molar-refractivity contribution in [3.8, 4) is 0 Å². The molecule has 0 atom stereocenters. The molecule has 0 saturated heterocycles. The van der Waals surface area contributed by atoms with Gasteiger partial charge in [-0.2, -0.15) is 0 Å². The van der Waals surface area contributed by atoms with Crippen LogP contribution in [0.5, 0.6) is 0 Å². The number of hydrogen-bond acceptors (Lipinski definition) is 1. The second-order valence-electron chi connectivity index (χ2n) is 4.81. The van der Waals surface area contributed by atoms with Crippen LogP contribution in [0.4, 0.5) is 0 Å². The second kappa shape index (κ2) is 15.5. The Morgan fingerprint density at radius 1 is 0.800 bits per heavy atom. The van der Waals surface area contributed by atoms with Gasteiger partial charge in [-0.15, -0.1) is 0 Å². The molecule has 0 aromatic rings. The Balaban J connectivity index is 3.41. The summed E-state index contributed by atoms with van der Waals surface area (Å²) in [7, 11) is 0. The molecule has 0 radical (unpaired) electrons. The fraction of sp³-hybridized carbons (Fsp3) is 0.500. The molecule has 0 heterocycles. The summed E-state index contributed by atoms with van der Waals surface area (Å²) >= 11 is 0. The van der Waals surface area contributed by atoms with Gasteiger partial charge in [0.25, 0.3) is 0 Å². The molecule has 0 saturated carbocycles. The van der Waals surface area contributed by atoms with Gasteiger partial charge < -0.3 is 5.11 Å². The first-order valence-electron chi connectivity index (χ1n) is 7.67. The number of unbranched alkanes of at least 4 members (excludes halogenated alkanes) is 7. The molecule has 0 aromatic carbocycles. The first-order valence-corrected chi connectivity index (χ1v) is 7.67. The highest BCUT2D eigenvalue weighted by molar-refractivity contribution is 5.80. The Kier molecular flexibility index (Phi) is 14.3. The lowest BCUT2D eigenvalue weighted by Gasteiger charge is -1.98. The topological polar surface area (TPSA) is 37.3 Å². The van der Waals surface area contributed by atoms with Gasteiger partial charge in [0.05, 0.1) is 0 Å². The number of rotatable bonds is 12. The van der Waals surface area contributed by atoms with E-state index >= 15 is 0 Å². The molecule has 0 fully saturated rings. The summed E-state index contributed by atoms with van der Waals surface area (Å²) in [4.78, 5) is 10.2. The first-order chi connectivity index (χ1) is 9.77. The molecular weight excluding hydrogens is 248 g/mol. The van der Waals surface area contributed by atoms with Gasteiger partial charge in [0, 0.05) is 6.08 Å². The van der Waals surface area contributed by atoms with Crippen molar-refractivity contribution < 1.29 is 9.90 Å².